The van der Waals surface area contributed by atoms with Crippen molar-refractivity contribution in [3.63, 3.8) is 0 Å². The molecule has 0 unspecified atom stereocenters. The third-order valence-corrected chi connectivity index (χ3v) is 6.91. The van der Waals surface area contributed by atoms with E-state index in [9.17, 15) is 28.2 Å². The number of anilines is 1. The summed E-state index contributed by atoms with van der Waals surface area (Å²) in [5, 5.41) is 29.2. The molecule has 0 bridgehead atoms. The fraction of sp³-hybridized carbons (Fsp3) is 0.542. The summed E-state index contributed by atoms with van der Waals surface area (Å²) < 4.78 is 25.1. The van der Waals surface area contributed by atoms with Crippen LogP contribution in [0.1, 0.15) is 43.7 Å². The molecule has 0 spiro atoms. The quantitative estimate of drug-likeness (QED) is 0.258. The van der Waals surface area contributed by atoms with Crippen LogP contribution in [0.3, 0.4) is 0 Å². The van der Waals surface area contributed by atoms with E-state index >= 15 is 0 Å². The number of nitrogens with zero attached hydrogens (tertiary/aromatic N) is 1. The van der Waals surface area contributed by atoms with Crippen molar-refractivity contribution in [1.29, 1.82) is 0 Å². The number of carbonyl (C=O) groups is 2. The largest absolute Gasteiger partial charge is 0.390 e. The highest BCUT2D eigenvalue weighted by molar-refractivity contribution is 7.92. The summed E-state index contributed by atoms with van der Waals surface area (Å²) in [5.74, 6) is -1.98. The minimum Gasteiger partial charge on any atom is -0.390 e. The molecule has 1 aromatic carbocycles. The van der Waals surface area contributed by atoms with E-state index in [1.54, 1.807) is 13.8 Å². The molecule has 2 rings (SSSR count). The highest BCUT2D eigenvalue weighted by atomic mass is 32.2. The number of carbonyl (C=O) groups excluding carboxylic acids is 2. The van der Waals surface area contributed by atoms with Gasteiger partial charge in [0, 0.05) is 11.9 Å². The van der Waals surface area contributed by atoms with Gasteiger partial charge in [-0.2, -0.15) is 0 Å². The molecule has 36 heavy (non-hydrogen) atoms. The molecule has 2 aromatic rings. The topological polar surface area (TPSA) is 158 Å². The molecule has 12 heteroatoms. The van der Waals surface area contributed by atoms with Gasteiger partial charge in [-0.3, -0.25) is 14.3 Å². The second-order valence-electron chi connectivity index (χ2n) is 9.57. The summed E-state index contributed by atoms with van der Waals surface area (Å²) in [5.41, 5.74) is 0.762. The average Bonchev–Trinajstić information content (AvgIpc) is 3.24. The number of hydrogen-bond donors (Lipinski definition) is 5. The Morgan fingerprint density at radius 2 is 1.69 bits per heavy atom. The molecule has 0 saturated heterocycles. The molecule has 0 fully saturated rings. The molecule has 1 aromatic heterocycles. The molecular formula is C24H36N4O6S2. The SMILES string of the molecule is CC(C)CNC(=O)[C@H](C(C)C)[C@@H](O)[C@H](O)[C@H](Cc1ccccc1)NC(=O)c1csc(NS(C)(=O)=O)n1. The van der Waals surface area contributed by atoms with E-state index in [1.165, 1.54) is 5.38 Å². The predicted molar refractivity (Wildman–Crippen MR) is 140 cm³/mol. The number of amides is 2. The monoisotopic (exact) mass is 540 g/mol. The molecule has 0 aliphatic rings. The summed E-state index contributed by atoms with van der Waals surface area (Å²) in [6.45, 7) is 7.91. The van der Waals surface area contributed by atoms with Gasteiger partial charge in [0.15, 0.2) is 5.13 Å². The number of benzene rings is 1. The summed E-state index contributed by atoms with van der Waals surface area (Å²) >= 11 is 0.944. The Balaban J connectivity index is 2.27. The van der Waals surface area contributed by atoms with Crippen LogP contribution in [0.15, 0.2) is 35.7 Å². The zero-order chi connectivity index (χ0) is 27.0. The first-order valence-corrected chi connectivity index (χ1v) is 14.5. The lowest BCUT2D eigenvalue weighted by Gasteiger charge is -2.33. The number of sulfonamides is 1. The maximum atomic E-state index is 13.0. The lowest BCUT2D eigenvalue weighted by atomic mass is 9.83. The van der Waals surface area contributed by atoms with E-state index in [4.69, 9.17) is 0 Å². The molecule has 1 heterocycles. The van der Waals surface area contributed by atoms with Gasteiger partial charge < -0.3 is 20.8 Å². The highest BCUT2D eigenvalue weighted by Gasteiger charge is 2.38. The van der Waals surface area contributed by atoms with Gasteiger partial charge in [-0.1, -0.05) is 58.0 Å². The lowest BCUT2D eigenvalue weighted by Crippen LogP contribution is -2.55. The Bertz CT molecular complexity index is 1100. The molecule has 0 saturated carbocycles. The van der Waals surface area contributed by atoms with Gasteiger partial charge in [0.2, 0.25) is 15.9 Å². The molecule has 4 atom stereocenters. The number of aliphatic hydroxyl groups is 2. The van der Waals surface area contributed by atoms with E-state index in [0.29, 0.717) is 6.54 Å². The second-order valence-corrected chi connectivity index (χ2v) is 12.2. The maximum Gasteiger partial charge on any atom is 0.271 e. The Kier molecular flexibility index (Phi) is 10.8. The van der Waals surface area contributed by atoms with E-state index < -0.39 is 40.1 Å². The number of thiazole rings is 1. The normalized spacial score (nSPS) is 15.2. The Morgan fingerprint density at radius 1 is 1.06 bits per heavy atom. The third kappa shape index (κ3) is 9.16. The molecule has 10 nitrogen and oxygen atoms in total. The molecule has 5 N–H and O–H groups in total. The van der Waals surface area contributed by atoms with Gasteiger partial charge in [0.25, 0.3) is 5.91 Å². The predicted octanol–water partition coefficient (Wildman–Crippen LogP) is 1.62. The van der Waals surface area contributed by atoms with Crippen molar-refractivity contribution in [3.05, 3.63) is 47.0 Å². The smallest absolute Gasteiger partial charge is 0.271 e. The molecule has 2 amide bonds. The standard InChI is InChI=1S/C24H36N4O6S2/c1-14(2)12-25-23(32)19(15(3)4)21(30)20(29)17(11-16-9-7-6-8-10-16)26-22(31)18-13-35-24(27-18)28-36(5,33)34/h6-10,13-15,17,19-21,29-30H,11-12H2,1-5H3,(H,25,32)(H,26,31)(H,27,28)/t17-,19+,20+,21+/m0/s1. The van der Waals surface area contributed by atoms with Crippen LogP contribution < -0.4 is 15.4 Å². The molecule has 200 valence electrons. The molecule has 0 radical (unpaired) electrons. The summed E-state index contributed by atoms with van der Waals surface area (Å²) in [4.78, 5) is 29.8. The number of nitrogens with one attached hydrogen (secondary N) is 3. The van der Waals surface area contributed by atoms with Crippen LogP contribution in [0.5, 0.6) is 0 Å². The van der Waals surface area contributed by atoms with Crippen LogP contribution in [0.25, 0.3) is 0 Å². The second kappa shape index (κ2) is 13.1. The summed E-state index contributed by atoms with van der Waals surface area (Å²) in [7, 11) is -3.56. The van der Waals surface area contributed by atoms with Gasteiger partial charge in [0.1, 0.15) is 11.8 Å². The van der Waals surface area contributed by atoms with E-state index in [1.807, 2.05) is 44.2 Å². The van der Waals surface area contributed by atoms with Crippen LogP contribution in [0.4, 0.5) is 5.13 Å². The van der Waals surface area contributed by atoms with E-state index in [2.05, 4.69) is 20.3 Å². The van der Waals surface area contributed by atoms with Gasteiger partial charge in [-0.15, -0.1) is 11.3 Å². The maximum absolute atomic E-state index is 13.0. The molecule has 0 aliphatic heterocycles. The van der Waals surface area contributed by atoms with Gasteiger partial charge >= 0.3 is 0 Å². The first kappa shape index (κ1) is 29.7. The van der Waals surface area contributed by atoms with Crippen molar-refractivity contribution in [1.82, 2.24) is 15.6 Å². The fourth-order valence-electron chi connectivity index (χ4n) is 3.68. The van der Waals surface area contributed by atoms with Crippen molar-refractivity contribution in [3.8, 4) is 0 Å². The Morgan fingerprint density at radius 3 is 2.25 bits per heavy atom. The summed E-state index contributed by atoms with van der Waals surface area (Å²) in [6.07, 6.45) is -1.77. The zero-order valence-corrected chi connectivity index (χ0v) is 22.8. The van der Waals surface area contributed by atoms with Crippen molar-refractivity contribution >= 4 is 38.3 Å². The molecule has 0 aliphatic carbocycles. The van der Waals surface area contributed by atoms with Crippen molar-refractivity contribution < 1.29 is 28.2 Å². The Labute approximate surface area is 216 Å². The Hall–Kier alpha value is -2.54. The molecular weight excluding hydrogens is 504 g/mol. The average molecular weight is 541 g/mol. The summed E-state index contributed by atoms with van der Waals surface area (Å²) in [6, 6.07) is 8.16. The first-order chi connectivity index (χ1) is 16.8. The van der Waals surface area contributed by atoms with Crippen LogP contribution in [0, 0.1) is 17.8 Å². The van der Waals surface area contributed by atoms with E-state index in [0.717, 1.165) is 23.2 Å². The number of aromatic nitrogens is 1. The van der Waals surface area contributed by atoms with Crippen LogP contribution >= 0.6 is 11.3 Å². The van der Waals surface area contributed by atoms with Crippen molar-refractivity contribution in [2.24, 2.45) is 17.8 Å². The van der Waals surface area contributed by atoms with E-state index in [-0.39, 0.29) is 35.0 Å². The minimum atomic E-state index is -3.56. The van der Waals surface area contributed by atoms with Gasteiger partial charge in [-0.05, 0) is 23.8 Å². The van der Waals surface area contributed by atoms with Crippen LogP contribution in [-0.2, 0) is 21.2 Å². The number of rotatable bonds is 13. The van der Waals surface area contributed by atoms with Gasteiger partial charge in [0.05, 0.1) is 24.3 Å². The minimum absolute atomic E-state index is 0.0320. The van der Waals surface area contributed by atoms with Crippen LogP contribution in [-0.4, -0.2) is 66.5 Å². The third-order valence-electron chi connectivity index (χ3n) is 5.46. The number of hydrogen-bond acceptors (Lipinski definition) is 8. The zero-order valence-electron chi connectivity index (χ0n) is 21.1. The van der Waals surface area contributed by atoms with Crippen molar-refractivity contribution in [2.75, 3.05) is 17.5 Å². The highest BCUT2D eigenvalue weighted by Crippen LogP contribution is 2.23. The fourth-order valence-corrected chi connectivity index (χ4v) is 5.22. The van der Waals surface area contributed by atoms with Crippen LogP contribution in [0.2, 0.25) is 0 Å². The van der Waals surface area contributed by atoms with Gasteiger partial charge in [-0.25, -0.2) is 13.4 Å². The lowest BCUT2D eigenvalue weighted by molar-refractivity contribution is -0.135. The number of aliphatic hydroxyl groups excluding tert-OH is 2. The van der Waals surface area contributed by atoms with Crippen molar-refractivity contribution in [2.45, 2.75) is 52.4 Å². The first-order valence-electron chi connectivity index (χ1n) is 11.7.